The van der Waals surface area contributed by atoms with Gasteiger partial charge < -0.3 is 20.9 Å². The number of benzene rings is 1. The summed E-state index contributed by atoms with van der Waals surface area (Å²) in [6.45, 7) is 2.88. The number of nitrogens with zero attached hydrogens (tertiary/aromatic N) is 1. The molecule has 0 aromatic heterocycles. The van der Waals surface area contributed by atoms with Gasteiger partial charge in [-0.15, -0.1) is 24.0 Å². The Morgan fingerprint density at radius 3 is 2.77 bits per heavy atom. The van der Waals surface area contributed by atoms with Crippen molar-refractivity contribution in [1.82, 2.24) is 5.32 Å². The molecule has 0 radical (unpaired) electrons. The predicted octanol–water partition coefficient (Wildman–Crippen LogP) is 3.15. The second kappa shape index (κ2) is 9.76. The Morgan fingerprint density at radius 2 is 2.09 bits per heavy atom. The van der Waals surface area contributed by atoms with E-state index >= 15 is 0 Å². The number of hydrogen-bond acceptors (Lipinski definition) is 3. The molecule has 1 aliphatic carbocycles. The third-order valence-corrected chi connectivity index (χ3v) is 3.71. The molecule has 1 aromatic rings. The van der Waals surface area contributed by atoms with Crippen LogP contribution in [0.15, 0.2) is 23.2 Å². The number of aliphatic imine (C=N–C) groups is 1. The number of ether oxygens (including phenoxy) is 1. The Labute approximate surface area is 149 Å². The average Bonchev–Trinajstić information content (AvgIpc) is 2.49. The first-order valence-corrected chi connectivity index (χ1v) is 7.70. The molecule has 1 fully saturated rings. The molecule has 124 valence electrons. The SMILES string of the molecule is CCOc1cc(CN=C(N)NC2CCCCC2)ccc1O.I. The van der Waals surface area contributed by atoms with Gasteiger partial charge in [-0.1, -0.05) is 25.3 Å². The van der Waals surface area contributed by atoms with Gasteiger partial charge in [0.2, 0.25) is 0 Å². The molecule has 6 heteroatoms. The average molecular weight is 419 g/mol. The maximum atomic E-state index is 9.66. The Balaban J connectivity index is 0.00000242. The van der Waals surface area contributed by atoms with Crippen LogP contribution in [0.1, 0.15) is 44.6 Å². The van der Waals surface area contributed by atoms with Crippen molar-refractivity contribution in [3.8, 4) is 11.5 Å². The zero-order valence-electron chi connectivity index (χ0n) is 13.0. The molecule has 0 unspecified atom stereocenters. The molecule has 5 nitrogen and oxygen atoms in total. The number of phenols is 1. The first-order chi connectivity index (χ1) is 10.2. The molecule has 0 heterocycles. The first-order valence-electron chi connectivity index (χ1n) is 7.70. The van der Waals surface area contributed by atoms with E-state index in [0.29, 0.717) is 30.9 Å². The summed E-state index contributed by atoms with van der Waals surface area (Å²) >= 11 is 0. The number of phenolic OH excluding ortho intramolecular Hbond substituents is 1. The summed E-state index contributed by atoms with van der Waals surface area (Å²) in [6, 6.07) is 5.72. The highest BCUT2D eigenvalue weighted by atomic mass is 127. The van der Waals surface area contributed by atoms with E-state index in [0.717, 1.165) is 5.56 Å². The van der Waals surface area contributed by atoms with Crippen LogP contribution in [0.3, 0.4) is 0 Å². The number of nitrogens with one attached hydrogen (secondary N) is 1. The maximum absolute atomic E-state index is 9.66. The highest BCUT2D eigenvalue weighted by Crippen LogP contribution is 2.27. The summed E-state index contributed by atoms with van der Waals surface area (Å²) < 4.78 is 5.36. The lowest BCUT2D eigenvalue weighted by molar-refractivity contribution is 0.318. The third kappa shape index (κ3) is 5.90. The third-order valence-electron chi connectivity index (χ3n) is 3.71. The molecule has 0 amide bonds. The van der Waals surface area contributed by atoms with Crippen molar-refractivity contribution in [2.45, 2.75) is 51.6 Å². The van der Waals surface area contributed by atoms with E-state index in [1.54, 1.807) is 12.1 Å². The monoisotopic (exact) mass is 419 g/mol. The van der Waals surface area contributed by atoms with E-state index < -0.39 is 0 Å². The zero-order chi connectivity index (χ0) is 15.1. The summed E-state index contributed by atoms with van der Waals surface area (Å²) in [5, 5.41) is 12.9. The lowest BCUT2D eigenvalue weighted by Gasteiger charge is -2.23. The molecular formula is C16H26IN3O2. The van der Waals surface area contributed by atoms with Crippen molar-refractivity contribution in [2.24, 2.45) is 10.7 Å². The molecule has 1 saturated carbocycles. The summed E-state index contributed by atoms with van der Waals surface area (Å²) in [5.41, 5.74) is 6.90. The fourth-order valence-corrected chi connectivity index (χ4v) is 2.61. The van der Waals surface area contributed by atoms with E-state index in [1.165, 1.54) is 32.1 Å². The van der Waals surface area contributed by atoms with Crippen molar-refractivity contribution in [2.75, 3.05) is 6.61 Å². The highest BCUT2D eigenvalue weighted by molar-refractivity contribution is 14.0. The minimum absolute atomic E-state index is 0. The summed E-state index contributed by atoms with van der Waals surface area (Å²) in [6.07, 6.45) is 6.19. The number of aromatic hydroxyl groups is 1. The van der Waals surface area contributed by atoms with Crippen LogP contribution in [-0.2, 0) is 6.54 Å². The van der Waals surface area contributed by atoms with Gasteiger partial charge in [-0.05, 0) is 37.5 Å². The molecule has 0 saturated heterocycles. The minimum atomic E-state index is 0. The van der Waals surface area contributed by atoms with E-state index in [2.05, 4.69) is 10.3 Å². The van der Waals surface area contributed by atoms with Gasteiger partial charge in [-0.25, -0.2) is 4.99 Å². The van der Waals surface area contributed by atoms with Gasteiger partial charge in [0.05, 0.1) is 13.2 Å². The smallest absolute Gasteiger partial charge is 0.189 e. The summed E-state index contributed by atoms with van der Waals surface area (Å²) in [4.78, 5) is 4.37. The Morgan fingerprint density at radius 1 is 1.36 bits per heavy atom. The second-order valence-electron chi connectivity index (χ2n) is 5.42. The molecule has 0 aliphatic heterocycles. The van der Waals surface area contributed by atoms with E-state index in [-0.39, 0.29) is 29.7 Å². The molecule has 4 N–H and O–H groups in total. The van der Waals surface area contributed by atoms with Crippen molar-refractivity contribution >= 4 is 29.9 Å². The lowest BCUT2D eigenvalue weighted by Crippen LogP contribution is -2.41. The number of nitrogens with two attached hydrogens (primary N) is 1. The fourth-order valence-electron chi connectivity index (χ4n) is 2.61. The van der Waals surface area contributed by atoms with E-state index in [1.807, 2.05) is 13.0 Å². The number of rotatable bonds is 5. The van der Waals surface area contributed by atoms with Gasteiger partial charge in [0.15, 0.2) is 17.5 Å². The molecule has 1 aromatic carbocycles. The van der Waals surface area contributed by atoms with Crippen LogP contribution in [0, 0.1) is 0 Å². The molecule has 1 aliphatic rings. The molecule has 0 spiro atoms. The van der Waals surface area contributed by atoms with Crippen LogP contribution >= 0.6 is 24.0 Å². The molecule has 2 rings (SSSR count). The van der Waals surface area contributed by atoms with E-state index in [4.69, 9.17) is 10.5 Å². The summed E-state index contributed by atoms with van der Waals surface area (Å²) in [7, 11) is 0. The van der Waals surface area contributed by atoms with Crippen molar-refractivity contribution in [3.63, 3.8) is 0 Å². The Hall–Kier alpha value is -1.18. The second-order valence-corrected chi connectivity index (χ2v) is 5.42. The van der Waals surface area contributed by atoms with Crippen molar-refractivity contribution < 1.29 is 9.84 Å². The zero-order valence-corrected chi connectivity index (χ0v) is 15.4. The fraction of sp³-hybridized carbons (Fsp3) is 0.562. The topological polar surface area (TPSA) is 79.9 Å². The van der Waals surface area contributed by atoms with Crippen molar-refractivity contribution in [1.29, 1.82) is 0 Å². The van der Waals surface area contributed by atoms with Crippen LogP contribution < -0.4 is 15.8 Å². The first kappa shape index (κ1) is 18.9. The van der Waals surface area contributed by atoms with Crippen LogP contribution in [0.25, 0.3) is 0 Å². The molecule has 0 atom stereocenters. The normalized spacial score (nSPS) is 16.0. The van der Waals surface area contributed by atoms with Gasteiger partial charge in [0.25, 0.3) is 0 Å². The predicted molar refractivity (Wildman–Crippen MR) is 100 cm³/mol. The van der Waals surface area contributed by atoms with Gasteiger partial charge >= 0.3 is 0 Å². The van der Waals surface area contributed by atoms with Crippen molar-refractivity contribution in [3.05, 3.63) is 23.8 Å². The minimum Gasteiger partial charge on any atom is -0.504 e. The molecule has 22 heavy (non-hydrogen) atoms. The van der Waals surface area contributed by atoms with E-state index in [9.17, 15) is 5.11 Å². The molecular weight excluding hydrogens is 393 g/mol. The maximum Gasteiger partial charge on any atom is 0.189 e. The standard InChI is InChI=1S/C16H25N3O2.HI/c1-2-21-15-10-12(8-9-14(15)20)11-18-16(17)19-13-6-4-3-5-7-13;/h8-10,13,20H,2-7,11H2,1H3,(H3,17,18,19);1H. The largest absolute Gasteiger partial charge is 0.504 e. The Bertz CT molecular complexity index is 488. The highest BCUT2D eigenvalue weighted by Gasteiger charge is 2.13. The number of hydrogen-bond donors (Lipinski definition) is 3. The molecule has 0 bridgehead atoms. The van der Waals surface area contributed by atoms with Crippen LogP contribution in [0.4, 0.5) is 0 Å². The van der Waals surface area contributed by atoms with Gasteiger partial charge in [0, 0.05) is 6.04 Å². The van der Waals surface area contributed by atoms with Crippen LogP contribution in [0.5, 0.6) is 11.5 Å². The van der Waals surface area contributed by atoms with Gasteiger partial charge in [0.1, 0.15) is 0 Å². The van der Waals surface area contributed by atoms with Crippen LogP contribution in [-0.4, -0.2) is 23.7 Å². The quantitative estimate of drug-likeness (QED) is 0.389. The van der Waals surface area contributed by atoms with Gasteiger partial charge in [-0.2, -0.15) is 0 Å². The summed E-state index contributed by atoms with van der Waals surface area (Å²) in [5.74, 6) is 1.13. The number of guanidine groups is 1. The number of halogens is 1. The van der Waals surface area contributed by atoms with Gasteiger partial charge in [-0.3, -0.25) is 0 Å². The lowest BCUT2D eigenvalue weighted by atomic mass is 9.96. The Kier molecular flexibility index (Phi) is 8.37. The van der Waals surface area contributed by atoms with Crippen LogP contribution in [0.2, 0.25) is 0 Å².